The molecule has 266 valence electrons. The number of hydrogen-bond acceptors (Lipinski definition) is 10. The highest BCUT2D eigenvalue weighted by Gasteiger charge is 2.36. The third kappa shape index (κ3) is 7.07. The van der Waals surface area contributed by atoms with E-state index in [0.717, 1.165) is 63.8 Å². The van der Waals surface area contributed by atoms with Gasteiger partial charge in [0.2, 0.25) is 5.91 Å². The van der Waals surface area contributed by atoms with E-state index < -0.39 is 34.1 Å². The normalized spacial score (nSPS) is 20.6. The van der Waals surface area contributed by atoms with E-state index in [1.165, 1.54) is 30.3 Å². The van der Waals surface area contributed by atoms with E-state index in [-0.39, 0.29) is 24.8 Å². The summed E-state index contributed by atoms with van der Waals surface area (Å²) in [6.07, 6.45) is 7.42. The number of carbonyl (C=O) groups is 1. The lowest BCUT2D eigenvalue weighted by molar-refractivity contribution is -0.111. The van der Waals surface area contributed by atoms with Crippen LogP contribution in [0.5, 0.6) is 5.75 Å². The summed E-state index contributed by atoms with van der Waals surface area (Å²) in [4.78, 5) is 34.4. The Labute approximate surface area is 293 Å². The second-order valence-corrected chi connectivity index (χ2v) is 13.4. The Balaban J connectivity index is 1.10. The minimum absolute atomic E-state index is 0.140. The zero-order valence-corrected chi connectivity index (χ0v) is 28.6. The van der Waals surface area contributed by atoms with Gasteiger partial charge in [-0.15, -0.1) is 0 Å². The molecule has 1 aromatic heterocycles. The molecule has 4 fully saturated rings. The van der Waals surface area contributed by atoms with Crippen LogP contribution in [0.3, 0.4) is 0 Å². The second-order valence-electron chi connectivity index (χ2n) is 13.0. The van der Waals surface area contributed by atoms with Gasteiger partial charge in [-0.05, 0) is 37.8 Å². The van der Waals surface area contributed by atoms with E-state index in [4.69, 9.17) is 21.2 Å². The summed E-state index contributed by atoms with van der Waals surface area (Å²) in [5.41, 5.74) is 1.50. The highest BCUT2D eigenvalue weighted by molar-refractivity contribution is 6.31. The molecule has 0 bridgehead atoms. The fourth-order valence-electron chi connectivity index (χ4n) is 7.28. The van der Waals surface area contributed by atoms with Crippen LogP contribution < -0.4 is 25.3 Å². The summed E-state index contributed by atoms with van der Waals surface area (Å²) in [5, 5.41) is 6.64. The number of nitrogens with one attached hydrogen (secondary N) is 2. The van der Waals surface area contributed by atoms with Crippen LogP contribution in [0, 0.1) is 17.5 Å². The van der Waals surface area contributed by atoms with Gasteiger partial charge in [0.25, 0.3) is 0 Å². The summed E-state index contributed by atoms with van der Waals surface area (Å²) in [6.45, 7) is 9.93. The molecule has 0 spiro atoms. The Morgan fingerprint density at radius 1 is 0.940 bits per heavy atom. The average molecular weight is 713 g/mol. The highest BCUT2D eigenvalue weighted by Crippen LogP contribution is 2.42. The Morgan fingerprint density at radius 2 is 1.64 bits per heavy atom. The van der Waals surface area contributed by atoms with Crippen LogP contribution in [-0.2, 0) is 9.63 Å². The maximum atomic E-state index is 15.0. The van der Waals surface area contributed by atoms with Gasteiger partial charge in [-0.3, -0.25) is 19.4 Å². The fraction of sp³-hybridized carbons (Fsp3) is 0.457. The Bertz CT molecular complexity index is 1750. The minimum Gasteiger partial charge on any atom is -0.494 e. The van der Waals surface area contributed by atoms with E-state index in [1.54, 1.807) is 19.2 Å². The van der Waals surface area contributed by atoms with Gasteiger partial charge in [-0.1, -0.05) is 18.2 Å². The molecule has 1 saturated carbocycles. The van der Waals surface area contributed by atoms with Crippen molar-refractivity contribution in [1.82, 2.24) is 19.8 Å². The molecule has 1 atom stereocenters. The number of aromatic nitrogens is 2. The van der Waals surface area contributed by atoms with Gasteiger partial charge in [0, 0.05) is 76.0 Å². The van der Waals surface area contributed by atoms with Crippen molar-refractivity contribution in [3.8, 4) is 5.75 Å². The molecule has 3 aromatic rings. The van der Waals surface area contributed by atoms with Crippen LogP contribution >= 0.6 is 11.6 Å². The summed E-state index contributed by atoms with van der Waals surface area (Å²) in [5.74, 6) is -2.77. The number of anilines is 5. The molecule has 11 nitrogen and oxygen atoms in total. The van der Waals surface area contributed by atoms with Crippen molar-refractivity contribution < 1.29 is 27.5 Å². The molecule has 4 heterocycles. The van der Waals surface area contributed by atoms with E-state index in [9.17, 15) is 18.0 Å². The summed E-state index contributed by atoms with van der Waals surface area (Å²) < 4.78 is 49.5. The summed E-state index contributed by atoms with van der Waals surface area (Å²) in [7, 11) is 1.56. The van der Waals surface area contributed by atoms with Crippen LogP contribution in [0.4, 0.5) is 41.9 Å². The van der Waals surface area contributed by atoms with E-state index in [1.807, 2.05) is 6.07 Å². The van der Waals surface area contributed by atoms with Gasteiger partial charge >= 0.3 is 0 Å². The molecule has 3 saturated heterocycles. The second kappa shape index (κ2) is 14.6. The van der Waals surface area contributed by atoms with E-state index in [2.05, 4.69) is 41.9 Å². The quantitative estimate of drug-likeness (QED) is 0.147. The number of methoxy groups -OCH3 is 1. The number of ether oxygens (including phenoxy) is 1. The zero-order chi connectivity index (χ0) is 34.9. The molecule has 1 amide bonds. The topological polar surface area (TPSA) is 98.3 Å². The molecule has 0 radical (unpaired) electrons. The van der Waals surface area contributed by atoms with Crippen molar-refractivity contribution >= 4 is 46.2 Å². The number of piperidine rings is 1. The van der Waals surface area contributed by atoms with Crippen molar-refractivity contribution in [3.63, 3.8) is 0 Å². The summed E-state index contributed by atoms with van der Waals surface area (Å²) >= 11 is 5.78. The zero-order valence-electron chi connectivity index (χ0n) is 27.8. The fourth-order valence-corrected chi connectivity index (χ4v) is 7.43. The number of nitrogens with zero attached hydrogens (tertiary/aromatic N) is 6. The standard InChI is InChI=1S/C35H40ClF3N8O3/c1-3-32(48)43-25-17-26(29(49-2)18-28(25)46-9-6-22(7-10-46)45-13-11-44(12-14-45)21-4-5-21)42-30-19-31(41-20-40-30)47-27(8-15-50-47)33-23(37)16-24(38)34(36)35(33)39/h3,16-22,27H,1,4-15H2,2H3,(H,43,48)(H,40,41,42)/t27-/m1/s1. The first-order valence-electron chi connectivity index (χ1n) is 17.0. The number of hydroxylamine groups is 1. The van der Waals surface area contributed by atoms with Crippen molar-refractivity contribution in [2.24, 2.45) is 0 Å². The molecule has 2 N–H and O–H groups in total. The number of hydrogen-bond donors (Lipinski definition) is 2. The van der Waals surface area contributed by atoms with Crippen molar-refractivity contribution in [1.29, 1.82) is 0 Å². The van der Waals surface area contributed by atoms with E-state index in [0.29, 0.717) is 35.1 Å². The Hall–Kier alpha value is -4.11. The van der Waals surface area contributed by atoms with Gasteiger partial charge in [-0.2, -0.15) is 0 Å². The first-order valence-corrected chi connectivity index (χ1v) is 17.3. The van der Waals surface area contributed by atoms with Gasteiger partial charge in [0.15, 0.2) is 11.6 Å². The molecular weight excluding hydrogens is 673 g/mol. The third-order valence-electron chi connectivity index (χ3n) is 10.0. The SMILES string of the molecule is C=CC(=O)Nc1cc(Nc2cc(N3OCC[C@@H]3c3c(F)cc(F)c(Cl)c3F)ncn2)c(OC)cc1N1CCC(N2CCN(C3CC3)CC2)CC1. The number of benzene rings is 2. The van der Waals surface area contributed by atoms with Crippen LogP contribution in [0.25, 0.3) is 0 Å². The Morgan fingerprint density at radius 3 is 2.30 bits per heavy atom. The molecule has 15 heteroatoms. The van der Waals surface area contributed by atoms with Crippen molar-refractivity contribution in [2.75, 3.05) is 73.6 Å². The smallest absolute Gasteiger partial charge is 0.247 e. The van der Waals surface area contributed by atoms with Crippen molar-refractivity contribution in [2.45, 2.75) is 50.2 Å². The number of halogens is 4. The number of amides is 1. The van der Waals surface area contributed by atoms with Crippen molar-refractivity contribution in [3.05, 3.63) is 71.3 Å². The van der Waals surface area contributed by atoms with Crippen LogP contribution in [0.15, 0.2) is 43.2 Å². The predicted molar refractivity (Wildman–Crippen MR) is 186 cm³/mol. The van der Waals surface area contributed by atoms with Crippen LogP contribution in [-0.4, -0.2) is 90.7 Å². The predicted octanol–water partition coefficient (Wildman–Crippen LogP) is 6.06. The lowest BCUT2D eigenvalue weighted by Crippen LogP contribution is -2.53. The maximum Gasteiger partial charge on any atom is 0.247 e. The number of carbonyl (C=O) groups excluding carboxylic acids is 1. The lowest BCUT2D eigenvalue weighted by Gasteiger charge is -2.43. The van der Waals surface area contributed by atoms with E-state index >= 15 is 0 Å². The Kier molecular flexibility index (Phi) is 10.0. The molecule has 0 unspecified atom stereocenters. The minimum atomic E-state index is -1.19. The molecule has 3 aliphatic heterocycles. The van der Waals surface area contributed by atoms with Gasteiger partial charge in [0.1, 0.15) is 34.6 Å². The third-order valence-corrected chi connectivity index (χ3v) is 10.4. The molecule has 7 rings (SSSR count). The maximum absolute atomic E-state index is 15.0. The average Bonchev–Trinajstić information content (AvgIpc) is 3.88. The molecular formula is C35H40ClF3N8O3. The highest BCUT2D eigenvalue weighted by atomic mass is 35.5. The van der Waals surface area contributed by atoms with Gasteiger partial charge < -0.3 is 20.3 Å². The molecule has 4 aliphatic rings. The number of rotatable bonds is 10. The first-order chi connectivity index (χ1) is 24.2. The van der Waals surface area contributed by atoms with Gasteiger partial charge in [-0.25, -0.2) is 28.2 Å². The van der Waals surface area contributed by atoms with Gasteiger partial charge in [0.05, 0.1) is 42.4 Å². The van der Waals surface area contributed by atoms with Crippen LogP contribution in [0.2, 0.25) is 5.02 Å². The molecule has 2 aromatic carbocycles. The monoisotopic (exact) mass is 712 g/mol. The molecule has 50 heavy (non-hydrogen) atoms. The number of piperazine rings is 1. The van der Waals surface area contributed by atoms with Crippen LogP contribution in [0.1, 0.15) is 43.7 Å². The largest absolute Gasteiger partial charge is 0.494 e. The first kappa shape index (κ1) is 34.3. The summed E-state index contributed by atoms with van der Waals surface area (Å²) in [6, 6.07) is 6.15. The molecule has 1 aliphatic carbocycles. The lowest BCUT2D eigenvalue weighted by atomic mass is 10.0.